The lowest BCUT2D eigenvalue weighted by Crippen LogP contribution is -2.48. The Balaban J connectivity index is 1.38. The molecule has 0 spiro atoms. The van der Waals surface area contributed by atoms with Gasteiger partial charge >= 0.3 is 24.3 Å². The highest BCUT2D eigenvalue weighted by atomic mass is 19.4. The number of nitrogens with zero attached hydrogens (tertiary/aromatic N) is 1. The van der Waals surface area contributed by atoms with E-state index in [2.05, 4.69) is 9.64 Å². The topological polar surface area (TPSA) is 55.8 Å². The van der Waals surface area contributed by atoms with Gasteiger partial charge in [0, 0.05) is 11.6 Å². The average Bonchev–Trinajstić information content (AvgIpc) is 3.06. The maximum atomic E-state index is 14.1. The summed E-state index contributed by atoms with van der Waals surface area (Å²) in [6.07, 6.45) is -9.05. The molecule has 3 aromatic carbocycles. The van der Waals surface area contributed by atoms with Gasteiger partial charge in [0.25, 0.3) is 0 Å². The standard InChI is InChI=1S/C35H34F7NO4/c1-46-31(44)30(24-19-26(34(37,38)39)21-27(20-24)35(40,41)42)47-32(45)33(25-5-3-2-4-6-25)15-11-29(12-16-33)43-17-13-23(14-18-43)22-7-9-28(36)10-8-22/h2-10,19-21,23,29-30H,11-18H2,1H3. The number of likely N-dealkylation sites (tertiary alicyclic amines) is 1. The molecule has 0 N–H and O–H groups in total. The molecule has 2 aliphatic rings. The number of rotatable bonds is 7. The number of carbonyl (C=O) groups is 2. The molecule has 1 aliphatic carbocycles. The highest BCUT2D eigenvalue weighted by Crippen LogP contribution is 2.45. The van der Waals surface area contributed by atoms with Gasteiger partial charge in [0.05, 0.1) is 23.7 Å². The van der Waals surface area contributed by atoms with Gasteiger partial charge in [-0.25, -0.2) is 9.18 Å². The second kappa shape index (κ2) is 13.7. The lowest BCUT2D eigenvalue weighted by Gasteiger charge is -2.44. The fraction of sp³-hybridized carbons (Fsp3) is 0.429. The Morgan fingerprint density at radius 2 is 1.36 bits per heavy atom. The number of halogens is 7. The first-order valence-corrected chi connectivity index (χ1v) is 15.3. The van der Waals surface area contributed by atoms with Crippen molar-refractivity contribution < 1.29 is 49.8 Å². The molecule has 1 aliphatic heterocycles. The van der Waals surface area contributed by atoms with Crippen molar-refractivity contribution in [2.45, 2.75) is 74.4 Å². The molecule has 3 aromatic rings. The van der Waals surface area contributed by atoms with Gasteiger partial charge in [0.15, 0.2) is 0 Å². The molecule has 0 aromatic heterocycles. The normalized spacial score (nSPS) is 22.0. The van der Waals surface area contributed by atoms with Crippen molar-refractivity contribution in [3.05, 3.63) is 106 Å². The van der Waals surface area contributed by atoms with Crippen LogP contribution < -0.4 is 0 Å². The zero-order valence-corrected chi connectivity index (χ0v) is 25.5. The minimum Gasteiger partial charge on any atom is -0.466 e. The van der Waals surface area contributed by atoms with Gasteiger partial charge in [-0.3, -0.25) is 4.79 Å². The van der Waals surface area contributed by atoms with E-state index < -0.39 is 52.5 Å². The van der Waals surface area contributed by atoms with Gasteiger partial charge in [-0.2, -0.15) is 26.3 Å². The molecule has 1 saturated carbocycles. The summed E-state index contributed by atoms with van der Waals surface area (Å²) in [5.74, 6) is -2.23. The summed E-state index contributed by atoms with van der Waals surface area (Å²) in [6.45, 7) is 1.61. The van der Waals surface area contributed by atoms with Crippen molar-refractivity contribution >= 4 is 11.9 Å². The van der Waals surface area contributed by atoms with Gasteiger partial charge in [0.1, 0.15) is 5.82 Å². The van der Waals surface area contributed by atoms with Crippen LogP contribution in [0.1, 0.15) is 78.4 Å². The van der Waals surface area contributed by atoms with Crippen molar-refractivity contribution in [1.29, 1.82) is 0 Å². The first kappa shape index (κ1) is 34.4. The van der Waals surface area contributed by atoms with Crippen LogP contribution in [0.2, 0.25) is 0 Å². The molecule has 252 valence electrons. The zero-order chi connectivity index (χ0) is 34.0. The largest absolute Gasteiger partial charge is 0.466 e. The van der Waals surface area contributed by atoms with E-state index in [9.17, 15) is 40.3 Å². The molecule has 1 atom stereocenters. The highest BCUT2D eigenvalue weighted by molar-refractivity contribution is 5.87. The van der Waals surface area contributed by atoms with Crippen molar-refractivity contribution in [2.75, 3.05) is 20.2 Å². The summed E-state index contributed by atoms with van der Waals surface area (Å²) in [7, 11) is 0.902. The smallest absolute Gasteiger partial charge is 0.416 e. The number of alkyl halides is 6. The Bertz CT molecular complexity index is 1510. The van der Waals surface area contributed by atoms with Crippen LogP contribution in [0.25, 0.3) is 0 Å². The Kier molecular flexibility index (Phi) is 10.0. The Morgan fingerprint density at radius 1 is 0.809 bits per heavy atom. The van der Waals surface area contributed by atoms with E-state index >= 15 is 0 Å². The molecule has 1 heterocycles. The van der Waals surface area contributed by atoms with Gasteiger partial charge < -0.3 is 14.4 Å². The molecule has 0 bridgehead atoms. The van der Waals surface area contributed by atoms with Crippen molar-refractivity contribution in [3.63, 3.8) is 0 Å². The molecule has 12 heteroatoms. The summed E-state index contributed by atoms with van der Waals surface area (Å²) in [5.41, 5.74) is -3.73. The van der Waals surface area contributed by atoms with Crippen LogP contribution in [0.4, 0.5) is 30.7 Å². The molecular formula is C35H34F7NO4. The monoisotopic (exact) mass is 665 g/mol. The molecule has 0 amide bonds. The minimum absolute atomic E-state index is 0.0607. The number of methoxy groups -OCH3 is 1. The number of ether oxygens (including phenoxy) is 2. The first-order chi connectivity index (χ1) is 22.2. The van der Waals surface area contributed by atoms with Crippen LogP contribution in [-0.2, 0) is 36.8 Å². The molecule has 5 nitrogen and oxygen atoms in total. The van der Waals surface area contributed by atoms with E-state index in [0.717, 1.165) is 38.6 Å². The summed E-state index contributed by atoms with van der Waals surface area (Å²) in [6, 6.07) is 15.9. The van der Waals surface area contributed by atoms with E-state index in [4.69, 9.17) is 4.74 Å². The predicted molar refractivity (Wildman–Crippen MR) is 158 cm³/mol. The van der Waals surface area contributed by atoms with E-state index in [0.29, 0.717) is 36.5 Å². The number of piperidine rings is 1. The number of esters is 2. The number of carbonyl (C=O) groups excluding carboxylic acids is 2. The van der Waals surface area contributed by atoms with E-state index in [1.54, 1.807) is 42.5 Å². The van der Waals surface area contributed by atoms with Crippen LogP contribution in [-0.4, -0.2) is 43.1 Å². The lowest BCUT2D eigenvalue weighted by atomic mass is 9.67. The zero-order valence-electron chi connectivity index (χ0n) is 25.5. The first-order valence-electron chi connectivity index (χ1n) is 15.3. The number of hydrogen-bond donors (Lipinski definition) is 0. The molecule has 5 rings (SSSR count). The van der Waals surface area contributed by atoms with E-state index in [-0.39, 0.29) is 30.8 Å². The predicted octanol–water partition coefficient (Wildman–Crippen LogP) is 8.38. The summed E-state index contributed by atoms with van der Waals surface area (Å²) < 4.78 is 105. The van der Waals surface area contributed by atoms with Crippen LogP contribution in [0, 0.1) is 5.82 Å². The van der Waals surface area contributed by atoms with E-state index in [1.807, 2.05) is 0 Å². The fourth-order valence-corrected chi connectivity index (χ4v) is 6.87. The van der Waals surface area contributed by atoms with Gasteiger partial charge in [-0.1, -0.05) is 42.5 Å². The Hall–Kier alpha value is -3.93. The molecule has 1 saturated heterocycles. The van der Waals surface area contributed by atoms with Crippen molar-refractivity contribution in [1.82, 2.24) is 4.90 Å². The number of benzene rings is 3. The van der Waals surface area contributed by atoms with Crippen molar-refractivity contribution in [3.8, 4) is 0 Å². The summed E-state index contributed by atoms with van der Waals surface area (Å²) in [5, 5.41) is 0. The Morgan fingerprint density at radius 3 is 1.87 bits per heavy atom. The molecular weight excluding hydrogens is 631 g/mol. The second-order valence-electron chi connectivity index (χ2n) is 12.2. The quantitative estimate of drug-likeness (QED) is 0.188. The minimum atomic E-state index is -5.17. The highest BCUT2D eigenvalue weighted by Gasteiger charge is 2.48. The average molecular weight is 666 g/mol. The van der Waals surface area contributed by atoms with Gasteiger partial charge in [-0.15, -0.1) is 0 Å². The van der Waals surface area contributed by atoms with E-state index in [1.165, 1.54) is 12.1 Å². The van der Waals surface area contributed by atoms with Gasteiger partial charge in [0.2, 0.25) is 6.10 Å². The third kappa shape index (κ3) is 7.63. The van der Waals surface area contributed by atoms with Crippen molar-refractivity contribution in [2.24, 2.45) is 0 Å². The van der Waals surface area contributed by atoms with Gasteiger partial charge in [-0.05, 0) is 99.0 Å². The molecule has 0 radical (unpaired) electrons. The van der Waals surface area contributed by atoms with Crippen LogP contribution in [0.15, 0.2) is 72.8 Å². The molecule has 47 heavy (non-hydrogen) atoms. The van der Waals surface area contributed by atoms with Crippen LogP contribution in [0.3, 0.4) is 0 Å². The third-order valence-electron chi connectivity index (χ3n) is 9.47. The number of hydrogen-bond acceptors (Lipinski definition) is 5. The van der Waals surface area contributed by atoms with Crippen LogP contribution >= 0.6 is 0 Å². The summed E-state index contributed by atoms with van der Waals surface area (Å²) >= 11 is 0. The SMILES string of the molecule is COC(=O)C(OC(=O)C1(c2ccccc2)CCC(N2CCC(c3ccc(F)cc3)CC2)CC1)c1cc(C(F)(F)F)cc(C(F)(F)F)c1. The summed E-state index contributed by atoms with van der Waals surface area (Å²) in [4.78, 5) is 29.3. The third-order valence-corrected chi connectivity index (χ3v) is 9.47. The Labute approximate surface area is 267 Å². The van der Waals surface area contributed by atoms with Crippen LogP contribution in [0.5, 0.6) is 0 Å². The fourth-order valence-electron chi connectivity index (χ4n) is 6.87. The maximum Gasteiger partial charge on any atom is 0.416 e. The molecule has 2 fully saturated rings. The second-order valence-corrected chi connectivity index (χ2v) is 12.2. The maximum absolute atomic E-state index is 14.1. The lowest BCUT2D eigenvalue weighted by molar-refractivity contribution is -0.172. The molecule has 1 unspecified atom stereocenters.